The van der Waals surface area contributed by atoms with Gasteiger partial charge in [0.25, 0.3) is 0 Å². The molecule has 1 rings (SSSR count). The van der Waals surface area contributed by atoms with Gasteiger partial charge < -0.3 is 21.3 Å². The number of rotatable bonds is 0. The molecule has 1 saturated heterocycles. The van der Waals surface area contributed by atoms with Crippen molar-refractivity contribution in [3.63, 3.8) is 0 Å². The minimum absolute atomic E-state index is 0.0201. The van der Waals surface area contributed by atoms with Gasteiger partial charge in [-0.2, -0.15) is 0 Å². The highest BCUT2D eigenvalue weighted by Crippen LogP contribution is 1.79. The number of carbonyl (C=O) groups is 4. The van der Waals surface area contributed by atoms with Crippen LogP contribution in [-0.2, 0) is 19.2 Å². The van der Waals surface area contributed by atoms with Crippen molar-refractivity contribution in [2.45, 2.75) is 6.42 Å². The van der Waals surface area contributed by atoms with Gasteiger partial charge >= 0.3 is 11.8 Å². The fraction of sp³-hybridized carbons (Fsp3) is 0.556. The lowest BCUT2D eigenvalue weighted by atomic mass is 10.4. The molecule has 0 saturated carbocycles. The van der Waals surface area contributed by atoms with E-state index in [4.69, 9.17) is 0 Å². The van der Waals surface area contributed by atoms with Gasteiger partial charge in [-0.15, -0.1) is 0 Å². The van der Waals surface area contributed by atoms with Gasteiger partial charge in [-0.05, 0) is 0 Å². The zero-order valence-electron chi connectivity index (χ0n) is 9.17. The van der Waals surface area contributed by atoms with E-state index in [0.29, 0.717) is 0 Å². The fourth-order valence-corrected chi connectivity index (χ4v) is 1.16. The second-order valence-electron chi connectivity index (χ2n) is 3.39. The van der Waals surface area contributed by atoms with Crippen molar-refractivity contribution in [2.24, 2.45) is 0 Å². The van der Waals surface area contributed by atoms with E-state index in [9.17, 15) is 19.2 Å². The Bertz CT molecular complexity index is 342. The Labute approximate surface area is 97.5 Å². The first-order valence-electron chi connectivity index (χ1n) is 5.19. The topological polar surface area (TPSA) is 116 Å². The first-order valence-corrected chi connectivity index (χ1v) is 5.19. The largest absolute Gasteiger partial charge is 0.353 e. The molecule has 0 aromatic carbocycles. The van der Waals surface area contributed by atoms with Crippen molar-refractivity contribution in [2.75, 3.05) is 26.2 Å². The maximum absolute atomic E-state index is 11.2. The minimum Gasteiger partial charge on any atom is -0.353 e. The molecule has 94 valence electrons. The molecule has 1 fully saturated rings. The predicted molar refractivity (Wildman–Crippen MR) is 56.7 cm³/mol. The SMILES string of the molecule is O=C1CCNC(=O)C(=O)NCCNC(=O)CN1. The molecule has 1 aliphatic heterocycles. The maximum atomic E-state index is 11.2. The van der Waals surface area contributed by atoms with E-state index in [2.05, 4.69) is 21.3 Å². The second-order valence-corrected chi connectivity index (χ2v) is 3.39. The third kappa shape index (κ3) is 4.96. The average Bonchev–Trinajstić information content (AvgIpc) is 2.31. The highest BCUT2D eigenvalue weighted by Gasteiger charge is 2.14. The number of carbonyl (C=O) groups excluding carboxylic acids is 4. The predicted octanol–water partition coefficient (Wildman–Crippen LogP) is -3.15. The molecular formula is C9H14N4O4. The molecule has 8 nitrogen and oxygen atoms in total. The lowest BCUT2D eigenvalue weighted by molar-refractivity contribution is -0.139. The Morgan fingerprint density at radius 3 is 1.94 bits per heavy atom. The van der Waals surface area contributed by atoms with Crippen LogP contribution in [0, 0.1) is 0 Å². The summed E-state index contributed by atoms with van der Waals surface area (Å²) in [7, 11) is 0. The molecule has 17 heavy (non-hydrogen) atoms. The molecule has 1 heterocycles. The lowest BCUT2D eigenvalue weighted by Gasteiger charge is -2.05. The van der Waals surface area contributed by atoms with E-state index < -0.39 is 11.8 Å². The van der Waals surface area contributed by atoms with E-state index in [0.717, 1.165) is 0 Å². The summed E-state index contributed by atoms with van der Waals surface area (Å²) in [5.74, 6) is -2.27. The summed E-state index contributed by atoms with van der Waals surface area (Å²) < 4.78 is 0. The summed E-state index contributed by atoms with van der Waals surface area (Å²) in [6.07, 6.45) is 0.0201. The van der Waals surface area contributed by atoms with Crippen molar-refractivity contribution in [3.05, 3.63) is 0 Å². The smallest absolute Gasteiger partial charge is 0.309 e. The van der Waals surface area contributed by atoms with E-state index >= 15 is 0 Å². The van der Waals surface area contributed by atoms with Crippen molar-refractivity contribution in [1.29, 1.82) is 0 Å². The average molecular weight is 242 g/mol. The quantitative estimate of drug-likeness (QED) is 0.336. The van der Waals surface area contributed by atoms with Crippen LogP contribution in [0.2, 0.25) is 0 Å². The van der Waals surface area contributed by atoms with E-state index in [1.807, 2.05) is 0 Å². The molecule has 8 heteroatoms. The van der Waals surface area contributed by atoms with Crippen LogP contribution in [0.1, 0.15) is 6.42 Å². The van der Waals surface area contributed by atoms with Gasteiger partial charge in [0.2, 0.25) is 11.8 Å². The molecule has 0 atom stereocenters. The van der Waals surface area contributed by atoms with Gasteiger partial charge in [-0.3, -0.25) is 19.2 Å². The van der Waals surface area contributed by atoms with Gasteiger partial charge in [0, 0.05) is 26.1 Å². The van der Waals surface area contributed by atoms with Crippen LogP contribution in [0.4, 0.5) is 0 Å². The number of nitrogens with one attached hydrogen (secondary N) is 4. The first kappa shape index (κ1) is 12.9. The molecule has 0 spiro atoms. The molecule has 0 unspecified atom stereocenters. The highest BCUT2D eigenvalue weighted by molar-refractivity contribution is 6.35. The molecule has 0 aliphatic carbocycles. The molecule has 0 aromatic heterocycles. The van der Waals surface area contributed by atoms with Gasteiger partial charge in [-0.1, -0.05) is 0 Å². The van der Waals surface area contributed by atoms with Gasteiger partial charge in [-0.25, -0.2) is 0 Å². The van der Waals surface area contributed by atoms with E-state index in [1.165, 1.54) is 0 Å². The van der Waals surface area contributed by atoms with Crippen LogP contribution in [0.3, 0.4) is 0 Å². The monoisotopic (exact) mass is 242 g/mol. The fourth-order valence-electron chi connectivity index (χ4n) is 1.16. The zero-order valence-corrected chi connectivity index (χ0v) is 9.17. The summed E-state index contributed by atoms with van der Waals surface area (Å²) in [5, 5.41) is 9.49. The van der Waals surface area contributed by atoms with E-state index in [-0.39, 0.29) is 44.4 Å². The Hall–Kier alpha value is -2.12. The maximum Gasteiger partial charge on any atom is 0.309 e. The van der Waals surface area contributed by atoms with Crippen molar-refractivity contribution in [3.8, 4) is 0 Å². The van der Waals surface area contributed by atoms with Crippen LogP contribution in [0.5, 0.6) is 0 Å². The molecule has 1 aliphatic rings. The molecule has 4 N–H and O–H groups in total. The number of hydrogen-bond acceptors (Lipinski definition) is 4. The summed E-state index contributed by atoms with van der Waals surface area (Å²) in [5.41, 5.74) is 0. The van der Waals surface area contributed by atoms with E-state index in [1.54, 1.807) is 0 Å². The third-order valence-electron chi connectivity index (χ3n) is 2.02. The van der Waals surface area contributed by atoms with Gasteiger partial charge in [0.15, 0.2) is 0 Å². The Balaban J connectivity index is 2.51. The van der Waals surface area contributed by atoms with Crippen molar-refractivity contribution in [1.82, 2.24) is 21.3 Å². The first-order chi connectivity index (χ1) is 8.09. The molecule has 4 amide bonds. The molecule has 0 bridgehead atoms. The summed E-state index contributed by atoms with van der Waals surface area (Å²) in [4.78, 5) is 44.6. The molecule has 0 aromatic rings. The third-order valence-corrected chi connectivity index (χ3v) is 2.02. The number of amides is 4. The van der Waals surface area contributed by atoms with Crippen LogP contribution < -0.4 is 21.3 Å². The number of hydrogen-bond donors (Lipinski definition) is 4. The van der Waals surface area contributed by atoms with Gasteiger partial charge in [0.1, 0.15) is 0 Å². The summed E-state index contributed by atoms with van der Waals surface area (Å²) in [6.45, 7) is 0.306. The molecular weight excluding hydrogens is 228 g/mol. The van der Waals surface area contributed by atoms with Crippen LogP contribution in [0.25, 0.3) is 0 Å². The van der Waals surface area contributed by atoms with Crippen LogP contribution >= 0.6 is 0 Å². The Morgan fingerprint density at radius 1 is 0.647 bits per heavy atom. The van der Waals surface area contributed by atoms with Crippen molar-refractivity contribution < 1.29 is 19.2 Å². The Kier molecular flexibility index (Phi) is 4.92. The summed E-state index contributed by atoms with van der Waals surface area (Å²) in [6, 6.07) is 0. The van der Waals surface area contributed by atoms with Crippen LogP contribution in [0.15, 0.2) is 0 Å². The zero-order chi connectivity index (χ0) is 12.7. The minimum atomic E-state index is -0.789. The second kappa shape index (κ2) is 6.46. The molecule has 0 radical (unpaired) electrons. The standard InChI is InChI=1S/C9H14N4O4/c14-6-1-2-11-8(16)9(17)12-4-3-10-7(15)5-13-6/h1-5H2,(H,10,15)(H,11,16)(H,12,17)(H,13,14). The summed E-state index contributed by atoms with van der Waals surface area (Å²) >= 11 is 0. The van der Waals surface area contributed by atoms with Crippen molar-refractivity contribution >= 4 is 23.6 Å². The van der Waals surface area contributed by atoms with Gasteiger partial charge in [0.05, 0.1) is 6.54 Å². The Morgan fingerprint density at radius 2 is 1.24 bits per heavy atom. The van der Waals surface area contributed by atoms with Crippen LogP contribution in [-0.4, -0.2) is 49.8 Å². The lowest BCUT2D eigenvalue weighted by Crippen LogP contribution is -2.43. The highest BCUT2D eigenvalue weighted by atomic mass is 16.2. The normalized spacial score (nSPS) is 19.8.